The molecule has 0 amide bonds. The summed E-state index contributed by atoms with van der Waals surface area (Å²) in [6.45, 7) is -0.649. The zero-order chi connectivity index (χ0) is 10.6. The lowest BCUT2D eigenvalue weighted by atomic mass is 10.1. The molecule has 0 fully saturated rings. The van der Waals surface area contributed by atoms with E-state index >= 15 is 0 Å². The number of hydrogen-bond acceptors (Lipinski definition) is 3. The van der Waals surface area contributed by atoms with Crippen LogP contribution in [0.2, 0.25) is 0 Å². The number of benzene rings is 1. The van der Waals surface area contributed by atoms with E-state index in [4.69, 9.17) is 5.11 Å². The van der Waals surface area contributed by atoms with Gasteiger partial charge >= 0.3 is 0 Å². The summed E-state index contributed by atoms with van der Waals surface area (Å²) in [4.78, 5) is 13.7. The highest BCUT2D eigenvalue weighted by Gasteiger charge is 2.11. The second kappa shape index (κ2) is 4.57. The first-order valence-electron chi connectivity index (χ1n) is 3.75. The van der Waals surface area contributed by atoms with Crippen molar-refractivity contribution in [3.8, 4) is 0 Å². The normalized spacial score (nSPS) is 11.5. The van der Waals surface area contributed by atoms with E-state index in [-0.39, 0.29) is 17.6 Å². The Morgan fingerprint density at radius 3 is 2.79 bits per heavy atom. The second-order valence-electron chi connectivity index (χ2n) is 2.40. The number of aldehydes is 1. The van der Waals surface area contributed by atoms with Crippen molar-refractivity contribution < 1.29 is 18.7 Å². The van der Waals surface area contributed by atoms with E-state index in [0.29, 0.717) is 0 Å². The summed E-state index contributed by atoms with van der Waals surface area (Å²) in [5.41, 5.74) is -0.571. The summed E-state index contributed by atoms with van der Waals surface area (Å²) < 4.78 is 25.8. The van der Waals surface area contributed by atoms with E-state index in [1.54, 1.807) is 0 Å². The maximum absolute atomic E-state index is 13.1. The molecule has 0 aliphatic rings. The number of aliphatic hydroxyl groups excluding tert-OH is 1. The average molecular weight is 199 g/mol. The van der Waals surface area contributed by atoms with Gasteiger partial charge in [-0.05, 0) is 12.1 Å². The van der Waals surface area contributed by atoms with Crippen molar-refractivity contribution in [2.45, 2.75) is 0 Å². The summed E-state index contributed by atoms with van der Waals surface area (Å²) in [6, 6.07) is 3.39. The van der Waals surface area contributed by atoms with Crippen LogP contribution in [0.5, 0.6) is 0 Å². The van der Waals surface area contributed by atoms with Crippen LogP contribution in [0.1, 0.15) is 5.56 Å². The molecule has 0 radical (unpaired) electrons. The van der Waals surface area contributed by atoms with E-state index < -0.39 is 18.4 Å². The number of carbonyl (C=O) groups is 1. The molecule has 0 unspecified atom stereocenters. The largest absolute Gasteiger partial charge is 0.375 e. The van der Waals surface area contributed by atoms with Gasteiger partial charge in [-0.25, -0.2) is 8.78 Å². The zero-order valence-corrected chi connectivity index (χ0v) is 7.08. The molecule has 0 atom stereocenters. The van der Waals surface area contributed by atoms with E-state index in [2.05, 4.69) is 4.99 Å². The summed E-state index contributed by atoms with van der Waals surface area (Å²) in [7, 11) is 0. The minimum absolute atomic E-state index is 0.256. The van der Waals surface area contributed by atoms with Crippen LogP contribution in [-0.4, -0.2) is 23.8 Å². The highest BCUT2D eigenvalue weighted by Crippen LogP contribution is 2.11. The van der Waals surface area contributed by atoms with Gasteiger partial charge < -0.3 is 5.11 Å². The molecule has 0 aromatic heterocycles. The van der Waals surface area contributed by atoms with Gasteiger partial charge in [-0.15, -0.1) is 0 Å². The lowest BCUT2D eigenvalue weighted by Gasteiger charge is -2.01. The van der Waals surface area contributed by atoms with Crippen molar-refractivity contribution in [2.75, 3.05) is 6.73 Å². The maximum Gasteiger partial charge on any atom is 0.168 e. The third kappa shape index (κ3) is 2.00. The van der Waals surface area contributed by atoms with Crippen molar-refractivity contribution >= 4 is 12.0 Å². The molecule has 1 aromatic rings. The first-order chi connectivity index (χ1) is 6.70. The fourth-order valence-electron chi connectivity index (χ4n) is 0.964. The molecule has 0 aliphatic heterocycles. The fourth-order valence-corrected chi connectivity index (χ4v) is 0.964. The van der Waals surface area contributed by atoms with Crippen LogP contribution in [0.4, 0.5) is 8.78 Å². The van der Waals surface area contributed by atoms with E-state index in [0.717, 1.165) is 6.07 Å². The Balaban J connectivity index is 3.24. The highest BCUT2D eigenvalue weighted by atomic mass is 19.2. The smallest absolute Gasteiger partial charge is 0.168 e. The lowest BCUT2D eigenvalue weighted by molar-refractivity contribution is -0.102. The predicted octanol–water partition coefficient (Wildman–Crippen LogP) is 0.903. The topological polar surface area (TPSA) is 49.7 Å². The molecule has 0 spiro atoms. The highest BCUT2D eigenvalue weighted by molar-refractivity contribution is 6.36. The molecule has 0 saturated carbocycles. The van der Waals surface area contributed by atoms with Crippen LogP contribution in [0.25, 0.3) is 0 Å². The Labute approximate surface area is 78.7 Å². The third-order valence-corrected chi connectivity index (χ3v) is 1.58. The minimum atomic E-state index is -1.15. The fraction of sp³-hybridized carbons (Fsp3) is 0.111. The van der Waals surface area contributed by atoms with Gasteiger partial charge in [0.2, 0.25) is 0 Å². The van der Waals surface area contributed by atoms with Crippen LogP contribution in [0, 0.1) is 11.6 Å². The summed E-state index contributed by atoms with van der Waals surface area (Å²) in [5.74, 6) is -2.21. The lowest BCUT2D eigenvalue weighted by Crippen LogP contribution is -2.07. The molecule has 3 nitrogen and oxygen atoms in total. The monoisotopic (exact) mass is 199 g/mol. The van der Waals surface area contributed by atoms with Crippen LogP contribution in [0.3, 0.4) is 0 Å². The quantitative estimate of drug-likeness (QED) is 0.580. The average Bonchev–Trinajstić information content (AvgIpc) is 2.19. The van der Waals surface area contributed by atoms with E-state index in [9.17, 15) is 13.6 Å². The van der Waals surface area contributed by atoms with Crippen molar-refractivity contribution in [3.05, 3.63) is 35.4 Å². The molecule has 74 valence electrons. The molecule has 5 heteroatoms. The van der Waals surface area contributed by atoms with Crippen molar-refractivity contribution in [1.29, 1.82) is 0 Å². The standard InChI is InChI=1S/C9H7F2NO2/c10-7-3-1-2-6(9(7)11)8(4-13)12-5-14/h1-4,14H,5H2/b12-8+. The number of hydrogen-bond donors (Lipinski definition) is 1. The second-order valence-corrected chi connectivity index (χ2v) is 2.40. The van der Waals surface area contributed by atoms with Gasteiger partial charge in [-0.1, -0.05) is 6.07 Å². The summed E-state index contributed by atoms with van der Waals surface area (Å²) in [5, 5.41) is 8.43. The van der Waals surface area contributed by atoms with E-state index in [1.807, 2.05) is 0 Å². The molecular weight excluding hydrogens is 192 g/mol. The van der Waals surface area contributed by atoms with Crippen molar-refractivity contribution in [3.63, 3.8) is 0 Å². The van der Waals surface area contributed by atoms with Crippen LogP contribution in [0.15, 0.2) is 23.2 Å². The first kappa shape index (κ1) is 10.5. The van der Waals surface area contributed by atoms with Crippen molar-refractivity contribution in [1.82, 2.24) is 0 Å². The van der Waals surface area contributed by atoms with Gasteiger partial charge in [0.25, 0.3) is 0 Å². The van der Waals surface area contributed by atoms with Crippen molar-refractivity contribution in [2.24, 2.45) is 4.99 Å². The number of carbonyl (C=O) groups excluding carboxylic acids is 1. The molecule has 0 heterocycles. The Bertz CT molecular complexity index is 377. The van der Waals surface area contributed by atoms with E-state index in [1.165, 1.54) is 12.1 Å². The number of nitrogens with zero attached hydrogens (tertiary/aromatic N) is 1. The first-order valence-corrected chi connectivity index (χ1v) is 3.75. The molecule has 0 saturated heterocycles. The van der Waals surface area contributed by atoms with Crippen LogP contribution < -0.4 is 0 Å². The third-order valence-electron chi connectivity index (χ3n) is 1.58. The van der Waals surface area contributed by atoms with Gasteiger partial charge in [0.15, 0.2) is 17.9 Å². The zero-order valence-electron chi connectivity index (χ0n) is 7.08. The van der Waals surface area contributed by atoms with Crippen LogP contribution >= 0.6 is 0 Å². The van der Waals surface area contributed by atoms with Gasteiger partial charge in [0.1, 0.15) is 12.4 Å². The number of aliphatic imine (C=N–C) groups is 1. The van der Waals surface area contributed by atoms with Gasteiger partial charge in [-0.3, -0.25) is 9.79 Å². The Morgan fingerprint density at radius 2 is 2.21 bits per heavy atom. The summed E-state index contributed by atoms with van der Waals surface area (Å²) >= 11 is 0. The maximum atomic E-state index is 13.1. The summed E-state index contributed by atoms with van der Waals surface area (Å²) in [6.07, 6.45) is 0.258. The minimum Gasteiger partial charge on any atom is -0.375 e. The predicted molar refractivity (Wildman–Crippen MR) is 46.0 cm³/mol. The SMILES string of the molecule is O=C/C(=N\CO)c1cccc(F)c1F. The van der Waals surface area contributed by atoms with Gasteiger partial charge in [-0.2, -0.15) is 0 Å². The van der Waals surface area contributed by atoms with Crippen LogP contribution in [-0.2, 0) is 4.79 Å². The molecule has 1 aromatic carbocycles. The van der Waals surface area contributed by atoms with Gasteiger partial charge in [0, 0.05) is 5.56 Å². The molecular formula is C9H7F2NO2. The number of aliphatic hydroxyl groups is 1. The molecule has 14 heavy (non-hydrogen) atoms. The molecule has 0 bridgehead atoms. The Morgan fingerprint density at radius 1 is 1.50 bits per heavy atom. The Hall–Kier alpha value is -1.62. The molecule has 1 N–H and O–H groups in total. The van der Waals surface area contributed by atoms with Gasteiger partial charge in [0.05, 0.1) is 0 Å². The molecule has 0 aliphatic carbocycles. The Kier molecular flexibility index (Phi) is 3.41. The molecule has 1 rings (SSSR count). The number of halogens is 2. The number of rotatable bonds is 3.